The summed E-state index contributed by atoms with van der Waals surface area (Å²) < 4.78 is 4.81. The molecular weight excluding hydrogens is 142 g/mol. The van der Waals surface area contributed by atoms with Crippen LogP contribution in [0.5, 0.6) is 0 Å². The Morgan fingerprint density at radius 2 is 2.36 bits per heavy atom. The van der Waals surface area contributed by atoms with E-state index in [0.717, 1.165) is 12.8 Å². The molecule has 0 bridgehead atoms. The molecule has 0 aliphatic carbocycles. The molecule has 0 aromatic rings. The molecule has 0 atom stereocenters. The smallest absolute Gasteiger partial charge is 0.407 e. The Hall–Kier alpha value is -0.730. The highest BCUT2D eigenvalue weighted by molar-refractivity contribution is 5.66. The van der Waals surface area contributed by atoms with Crippen LogP contribution in [0.1, 0.15) is 26.2 Å². The van der Waals surface area contributed by atoms with Gasteiger partial charge in [0.05, 0.1) is 6.61 Å². The van der Waals surface area contributed by atoms with Crippen molar-refractivity contribution in [2.45, 2.75) is 26.2 Å². The summed E-state index contributed by atoms with van der Waals surface area (Å²) in [4.78, 5) is 10.7. The van der Waals surface area contributed by atoms with Crippen molar-refractivity contribution in [1.82, 2.24) is 5.32 Å². The van der Waals surface area contributed by atoms with Crippen molar-refractivity contribution in [3.8, 4) is 0 Å². The van der Waals surface area contributed by atoms with Crippen LogP contribution in [0.4, 0.5) is 4.79 Å². The Bertz CT molecular complexity index is 104. The van der Waals surface area contributed by atoms with E-state index in [0.29, 0.717) is 19.6 Å². The van der Waals surface area contributed by atoms with Gasteiger partial charge < -0.3 is 10.1 Å². The average molecular weight is 158 g/mol. The number of alkyl carbamates (subject to hydrolysis) is 1. The minimum atomic E-state index is -0.331. The molecule has 0 heterocycles. The van der Waals surface area contributed by atoms with Crippen molar-refractivity contribution >= 4 is 6.09 Å². The van der Waals surface area contributed by atoms with Gasteiger partial charge in [0.2, 0.25) is 0 Å². The van der Waals surface area contributed by atoms with Gasteiger partial charge in [-0.2, -0.15) is 0 Å². The van der Waals surface area contributed by atoms with Gasteiger partial charge >= 0.3 is 6.09 Å². The Balaban J connectivity index is 3.09. The largest absolute Gasteiger partial charge is 0.450 e. The second-order valence-corrected chi connectivity index (χ2v) is 2.27. The maximum Gasteiger partial charge on any atom is 0.407 e. The maximum atomic E-state index is 10.7. The van der Waals surface area contributed by atoms with Crippen molar-refractivity contribution in [1.29, 1.82) is 0 Å². The molecule has 0 saturated heterocycles. The van der Waals surface area contributed by atoms with E-state index < -0.39 is 0 Å². The minimum absolute atomic E-state index is 0.331. The van der Waals surface area contributed by atoms with Crippen LogP contribution in [0, 0.1) is 6.92 Å². The first kappa shape index (κ1) is 10.3. The highest BCUT2D eigenvalue weighted by Gasteiger charge is 1.97. The van der Waals surface area contributed by atoms with Gasteiger partial charge in [-0.3, -0.25) is 0 Å². The van der Waals surface area contributed by atoms with Crippen molar-refractivity contribution in [3.63, 3.8) is 0 Å². The molecule has 1 amide bonds. The Morgan fingerprint density at radius 1 is 1.64 bits per heavy atom. The summed E-state index contributed by atoms with van der Waals surface area (Å²) >= 11 is 0. The topological polar surface area (TPSA) is 38.3 Å². The lowest BCUT2D eigenvalue weighted by molar-refractivity contribution is 0.145. The fourth-order valence-electron chi connectivity index (χ4n) is 0.551. The molecule has 0 saturated carbocycles. The van der Waals surface area contributed by atoms with Gasteiger partial charge in [-0.1, -0.05) is 20.3 Å². The van der Waals surface area contributed by atoms with Crippen molar-refractivity contribution in [3.05, 3.63) is 6.92 Å². The summed E-state index contributed by atoms with van der Waals surface area (Å²) in [6.07, 6.45) is 2.34. The zero-order chi connectivity index (χ0) is 8.53. The number of rotatable bonds is 5. The molecule has 0 aromatic heterocycles. The van der Waals surface area contributed by atoms with Crippen molar-refractivity contribution < 1.29 is 9.53 Å². The average Bonchev–Trinajstić information content (AvgIpc) is 2.01. The van der Waals surface area contributed by atoms with Gasteiger partial charge in [-0.05, 0) is 12.8 Å². The lowest BCUT2D eigenvalue weighted by Gasteiger charge is -2.03. The van der Waals surface area contributed by atoms with E-state index in [4.69, 9.17) is 4.74 Å². The summed E-state index contributed by atoms with van der Waals surface area (Å²) in [5.41, 5.74) is 0. The Kier molecular flexibility index (Phi) is 6.89. The lowest BCUT2D eigenvalue weighted by Crippen LogP contribution is -2.25. The number of carbonyl (C=O) groups excluding carboxylic acids is 1. The third kappa shape index (κ3) is 7.16. The summed E-state index contributed by atoms with van der Waals surface area (Å²) in [5.74, 6) is 0. The monoisotopic (exact) mass is 158 g/mol. The molecule has 1 N–H and O–H groups in total. The first-order chi connectivity index (χ1) is 5.31. The van der Waals surface area contributed by atoms with E-state index in [1.807, 2.05) is 0 Å². The van der Waals surface area contributed by atoms with Gasteiger partial charge in [0, 0.05) is 6.54 Å². The third-order valence-corrected chi connectivity index (χ3v) is 1.18. The van der Waals surface area contributed by atoms with Crippen LogP contribution in [0.2, 0.25) is 0 Å². The highest BCUT2D eigenvalue weighted by Crippen LogP contribution is 1.87. The predicted octanol–water partition coefficient (Wildman–Crippen LogP) is 1.74. The molecule has 3 nitrogen and oxygen atoms in total. The normalized spacial score (nSPS) is 9.27. The number of unbranched alkanes of at least 4 members (excludes halogenated alkanes) is 1. The standard InChI is InChI=1S/C8H16NO2/c1-3-5-7-11-8(10)9-6-4-2/h2-7H2,1H3,(H,9,10). The Morgan fingerprint density at radius 3 is 2.91 bits per heavy atom. The maximum absolute atomic E-state index is 10.7. The molecule has 0 aliphatic heterocycles. The third-order valence-electron chi connectivity index (χ3n) is 1.18. The number of hydrogen-bond acceptors (Lipinski definition) is 2. The van der Waals surface area contributed by atoms with Crippen LogP contribution >= 0.6 is 0 Å². The van der Waals surface area contributed by atoms with Crippen LogP contribution in [0.15, 0.2) is 0 Å². The molecule has 0 unspecified atom stereocenters. The molecule has 1 radical (unpaired) electrons. The molecule has 11 heavy (non-hydrogen) atoms. The van der Waals surface area contributed by atoms with Gasteiger partial charge in [-0.15, -0.1) is 0 Å². The van der Waals surface area contributed by atoms with Crippen molar-refractivity contribution in [2.75, 3.05) is 13.2 Å². The highest BCUT2D eigenvalue weighted by atomic mass is 16.5. The second-order valence-electron chi connectivity index (χ2n) is 2.27. The van der Waals surface area contributed by atoms with Crippen molar-refractivity contribution in [2.24, 2.45) is 0 Å². The number of amides is 1. The van der Waals surface area contributed by atoms with Crippen LogP contribution < -0.4 is 5.32 Å². The van der Waals surface area contributed by atoms with E-state index in [9.17, 15) is 4.79 Å². The fourth-order valence-corrected chi connectivity index (χ4v) is 0.551. The van der Waals surface area contributed by atoms with Crippen LogP contribution in [-0.4, -0.2) is 19.2 Å². The van der Waals surface area contributed by atoms with E-state index in [2.05, 4.69) is 19.2 Å². The zero-order valence-electron chi connectivity index (χ0n) is 7.06. The van der Waals surface area contributed by atoms with Crippen LogP contribution in [0.25, 0.3) is 0 Å². The van der Waals surface area contributed by atoms with Gasteiger partial charge in [0.1, 0.15) is 0 Å². The minimum Gasteiger partial charge on any atom is -0.450 e. The van der Waals surface area contributed by atoms with Gasteiger partial charge in [-0.25, -0.2) is 4.79 Å². The lowest BCUT2D eigenvalue weighted by atomic mass is 10.4. The Labute approximate surface area is 68.1 Å². The SMILES string of the molecule is [CH2]CCNC(=O)OCCCC. The molecular formula is C8H16NO2. The number of carbonyl (C=O) groups is 1. The molecule has 0 aromatic carbocycles. The van der Waals surface area contributed by atoms with Gasteiger partial charge in [0.25, 0.3) is 0 Å². The quantitative estimate of drug-likeness (QED) is 0.619. The van der Waals surface area contributed by atoms with E-state index in [1.54, 1.807) is 0 Å². The van der Waals surface area contributed by atoms with E-state index in [1.165, 1.54) is 0 Å². The summed E-state index contributed by atoms with van der Waals surface area (Å²) in [5, 5.41) is 2.57. The summed E-state index contributed by atoms with van der Waals surface area (Å²) in [6.45, 7) is 6.74. The molecule has 0 aliphatic rings. The number of hydrogen-bond donors (Lipinski definition) is 1. The molecule has 3 heteroatoms. The fraction of sp³-hybridized carbons (Fsp3) is 0.750. The van der Waals surface area contributed by atoms with E-state index in [-0.39, 0.29) is 6.09 Å². The molecule has 0 rings (SSSR count). The second kappa shape index (κ2) is 7.38. The summed E-state index contributed by atoms with van der Waals surface area (Å²) in [6, 6.07) is 0. The molecule has 0 fully saturated rings. The zero-order valence-corrected chi connectivity index (χ0v) is 7.06. The number of ether oxygens (including phenoxy) is 1. The molecule has 65 valence electrons. The summed E-state index contributed by atoms with van der Waals surface area (Å²) in [7, 11) is 0. The van der Waals surface area contributed by atoms with Crippen LogP contribution in [0.3, 0.4) is 0 Å². The van der Waals surface area contributed by atoms with Crippen LogP contribution in [-0.2, 0) is 4.74 Å². The molecule has 0 spiro atoms. The number of nitrogens with one attached hydrogen (secondary N) is 1. The predicted molar refractivity (Wildman–Crippen MR) is 44.2 cm³/mol. The first-order valence-electron chi connectivity index (χ1n) is 4.01. The van der Waals surface area contributed by atoms with E-state index >= 15 is 0 Å². The first-order valence-corrected chi connectivity index (χ1v) is 4.01. The van der Waals surface area contributed by atoms with Gasteiger partial charge in [0.15, 0.2) is 0 Å².